The van der Waals surface area contributed by atoms with Crippen molar-refractivity contribution in [2.75, 3.05) is 6.26 Å². The predicted molar refractivity (Wildman–Crippen MR) is 41.3 cm³/mol. The number of thioether (sulfide) groups is 1. The Hall–Kier alpha value is -0.600. The fraction of sp³-hybridized carbons (Fsp3) is 0.500. The summed E-state index contributed by atoms with van der Waals surface area (Å²) >= 11 is 1.20. The Kier molecular flexibility index (Phi) is 2.70. The maximum atomic E-state index is 10.3. The molecule has 1 N–H and O–H groups in total. The van der Waals surface area contributed by atoms with E-state index < -0.39 is 15.9 Å². The van der Waals surface area contributed by atoms with E-state index in [0.29, 0.717) is 0 Å². The third-order valence-electron chi connectivity index (χ3n) is 0.929. The number of nitrogens with zero attached hydrogens (tertiary/aromatic N) is 2. The summed E-state index contributed by atoms with van der Waals surface area (Å²) in [7, 11) is -4.08. The molecule has 12 heavy (non-hydrogen) atoms. The van der Waals surface area contributed by atoms with Gasteiger partial charge in [0.05, 0.1) is 0 Å². The molecule has 0 aliphatic rings. The van der Waals surface area contributed by atoms with Crippen LogP contribution in [0.2, 0.25) is 0 Å². The fourth-order valence-electron chi connectivity index (χ4n) is 0.535. The van der Waals surface area contributed by atoms with Crippen molar-refractivity contribution in [2.45, 2.75) is 11.0 Å². The second-order valence-corrected chi connectivity index (χ2v) is 4.10. The lowest BCUT2D eigenvalue weighted by atomic mass is 10.8. The standard InChI is InChI=1S/C4H6N2O4S2/c1-11-4-6-5-3(10-4)2-12(7,8)9/h2H2,1H3,(H,7,8,9). The zero-order valence-corrected chi connectivity index (χ0v) is 7.72. The van der Waals surface area contributed by atoms with Crippen LogP contribution < -0.4 is 0 Å². The van der Waals surface area contributed by atoms with Gasteiger partial charge in [0.1, 0.15) is 0 Å². The molecular formula is C4H6N2O4S2. The molecule has 0 bridgehead atoms. The minimum absolute atomic E-state index is 0.109. The lowest BCUT2D eigenvalue weighted by Crippen LogP contribution is -2.01. The number of rotatable bonds is 3. The molecule has 0 aliphatic heterocycles. The zero-order chi connectivity index (χ0) is 9.19. The van der Waals surface area contributed by atoms with E-state index >= 15 is 0 Å². The van der Waals surface area contributed by atoms with Crippen LogP contribution in [0, 0.1) is 0 Å². The molecule has 6 nitrogen and oxygen atoms in total. The molecule has 0 fully saturated rings. The minimum Gasteiger partial charge on any atom is -0.415 e. The van der Waals surface area contributed by atoms with E-state index in [1.54, 1.807) is 6.26 Å². The first-order valence-electron chi connectivity index (χ1n) is 2.83. The molecule has 0 aliphatic carbocycles. The highest BCUT2D eigenvalue weighted by molar-refractivity contribution is 7.98. The van der Waals surface area contributed by atoms with Crippen LogP contribution in [0.25, 0.3) is 0 Å². The van der Waals surface area contributed by atoms with Crippen LogP contribution in [0.15, 0.2) is 9.64 Å². The van der Waals surface area contributed by atoms with Gasteiger partial charge in [0.15, 0.2) is 5.75 Å². The number of hydrogen-bond acceptors (Lipinski definition) is 6. The molecule has 0 saturated heterocycles. The predicted octanol–water partition coefficient (Wildman–Crippen LogP) is 0.179. The van der Waals surface area contributed by atoms with Crippen molar-refractivity contribution in [3.05, 3.63) is 5.89 Å². The Balaban J connectivity index is 2.78. The summed E-state index contributed by atoms with van der Waals surface area (Å²) in [5.41, 5.74) is 0. The van der Waals surface area contributed by atoms with Gasteiger partial charge in [0, 0.05) is 0 Å². The maximum Gasteiger partial charge on any atom is 0.276 e. The highest BCUT2D eigenvalue weighted by Gasteiger charge is 2.12. The van der Waals surface area contributed by atoms with Crippen molar-refractivity contribution in [1.82, 2.24) is 10.2 Å². The quantitative estimate of drug-likeness (QED) is 0.561. The van der Waals surface area contributed by atoms with Crippen LogP contribution in [0.4, 0.5) is 0 Å². The molecule has 0 saturated carbocycles. The summed E-state index contributed by atoms with van der Waals surface area (Å²) in [6, 6.07) is 0. The van der Waals surface area contributed by atoms with Gasteiger partial charge in [-0.2, -0.15) is 8.42 Å². The van der Waals surface area contributed by atoms with Gasteiger partial charge < -0.3 is 4.42 Å². The van der Waals surface area contributed by atoms with E-state index in [-0.39, 0.29) is 11.1 Å². The van der Waals surface area contributed by atoms with Crippen molar-refractivity contribution in [2.24, 2.45) is 0 Å². The van der Waals surface area contributed by atoms with Crippen LogP contribution in [0.3, 0.4) is 0 Å². The number of aromatic nitrogens is 2. The Labute approximate surface area is 73.1 Å². The zero-order valence-electron chi connectivity index (χ0n) is 6.09. The molecule has 1 aromatic rings. The molecule has 0 unspecified atom stereocenters. The molecule has 1 rings (SSSR count). The largest absolute Gasteiger partial charge is 0.415 e. The summed E-state index contributed by atoms with van der Waals surface area (Å²) in [5, 5.41) is 7.16. The molecule has 0 radical (unpaired) electrons. The van der Waals surface area contributed by atoms with E-state index in [9.17, 15) is 8.42 Å². The smallest absolute Gasteiger partial charge is 0.276 e. The summed E-state index contributed by atoms with van der Waals surface area (Å²) < 4.78 is 33.8. The first-order valence-corrected chi connectivity index (χ1v) is 5.66. The van der Waals surface area contributed by atoms with Crippen LogP contribution in [-0.4, -0.2) is 29.4 Å². The summed E-state index contributed by atoms with van der Waals surface area (Å²) in [5.74, 6) is -0.748. The van der Waals surface area contributed by atoms with Gasteiger partial charge in [0.2, 0.25) is 5.89 Å². The normalized spacial score (nSPS) is 11.8. The topological polar surface area (TPSA) is 93.3 Å². The molecule has 68 valence electrons. The van der Waals surface area contributed by atoms with Crippen LogP contribution in [-0.2, 0) is 15.9 Å². The second-order valence-electron chi connectivity index (χ2n) is 1.89. The van der Waals surface area contributed by atoms with Gasteiger partial charge in [-0.1, -0.05) is 11.8 Å². The Morgan fingerprint density at radius 1 is 1.58 bits per heavy atom. The van der Waals surface area contributed by atoms with Gasteiger partial charge in [-0.25, -0.2) is 0 Å². The summed E-state index contributed by atoms with van der Waals surface area (Å²) in [4.78, 5) is 0. The van der Waals surface area contributed by atoms with E-state index in [2.05, 4.69) is 10.2 Å². The SMILES string of the molecule is CSc1nnc(CS(=O)(=O)O)o1. The minimum atomic E-state index is -4.08. The van der Waals surface area contributed by atoms with Gasteiger partial charge in [-0.15, -0.1) is 10.2 Å². The average Bonchev–Trinajstić information content (AvgIpc) is 2.32. The third-order valence-corrected chi connectivity index (χ3v) is 2.05. The van der Waals surface area contributed by atoms with Crippen LogP contribution in [0.5, 0.6) is 0 Å². The molecule has 0 atom stereocenters. The van der Waals surface area contributed by atoms with Gasteiger partial charge in [-0.3, -0.25) is 4.55 Å². The highest BCUT2D eigenvalue weighted by atomic mass is 32.2. The molecule has 0 amide bonds. The Morgan fingerprint density at radius 2 is 2.25 bits per heavy atom. The maximum absolute atomic E-state index is 10.3. The van der Waals surface area contributed by atoms with E-state index in [1.165, 1.54) is 11.8 Å². The van der Waals surface area contributed by atoms with Crippen molar-refractivity contribution >= 4 is 21.9 Å². The van der Waals surface area contributed by atoms with E-state index in [0.717, 1.165) is 0 Å². The number of hydrogen-bond donors (Lipinski definition) is 1. The molecule has 1 heterocycles. The average molecular weight is 210 g/mol. The van der Waals surface area contributed by atoms with Crippen molar-refractivity contribution in [3.8, 4) is 0 Å². The van der Waals surface area contributed by atoms with Gasteiger partial charge in [-0.05, 0) is 6.26 Å². The lowest BCUT2D eigenvalue weighted by Gasteiger charge is -1.88. The lowest BCUT2D eigenvalue weighted by molar-refractivity contribution is 0.415. The van der Waals surface area contributed by atoms with Gasteiger partial charge in [0.25, 0.3) is 15.3 Å². The third kappa shape index (κ3) is 2.80. The van der Waals surface area contributed by atoms with Crippen molar-refractivity contribution in [1.29, 1.82) is 0 Å². The summed E-state index contributed by atoms with van der Waals surface area (Å²) in [6.45, 7) is 0. The monoisotopic (exact) mass is 210 g/mol. The highest BCUT2D eigenvalue weighted by Crippen LogP contribution is 2.12. The van der Waals surface area contributed by atoms with Crippen LogP contribution >= 0.6 is 11.8 Å². The Morgan fingerprint density at radius 3 is 2.67 bits per heavy atom. The molecular weight excluding hydrogens is 204 g/mol. The van der Waals surface area contributed by atoms with E-state index in [1.807, 2.05) is 0 Å². The second kappa shape index (κ2) is 3.42. The molecule has 0 spiro atoms. The van der Waals surface area contributed by atoms with Crippen molar-refractivity contribution < 1.29 is 17.4 Å². The molecule has 0 aromatic carbocycles. The van der Waals surface area contributed by atoms with Crippen molar-refractivity contribution in [3.63, 3.8) is 0 Å². The fourth-order valence-corrected chi connectivity index (χ4v) is 1.27. The first-order chi connectivity index (χ1) is 5.51. The van der Waals surface area contributed by atoms with Crippen LogP contribution in [0.1, 0.15) is 5.89 Å². The van der Waals surface area contributed by atoms with E-state index in [4.69, 9.17) is 8.97 Å². The first kappa shape index (κ1) is 9.49. The Bertz CT molecular complexity index is 357. The van der Waals surface area contributed by atoms with Gasteiger partial charge >= 0.3 is 0 Å². The molecule has 1 aromatic heterocycles. The summed E-state index contributed by atoms with van der Waals surface area (Å²) in [6.07, 6.45) is 1.71. The molecule has 8 heteroatoms.